The summed E-state index contributed by atoms with van der Waals surface area (Å²) in [5, 5.41) is 3.58. The highest BCUT2D eigenvalue weighted by Gasteiger charge is 2.45. The van der Waals surface area contributed by atoms with Crippen molar-refractivity contribution in [3.63, 3.8) is 0 Å². The third-order valence-electron chi connectivity index (χ3n) is 3.14. The molecule has 0 aromatic carbocycles. The van der Waals surface area contributed by atoms with E-state index in [1.54, 1.807) is 0 Å². The summed E-state index contributed by atoms with van der Waals surface area (Å²) < 4.78 is 6.07. The van der Waals surface area contributed by atoms with Crippen molar-refractivity contribution in [3.05, 3.63) is 0 Å². The van der Waals surface area contributed by atoms with Gasteiger partial charge in [-0.15, -0.1) is 0 Å². The largest absolute Gasteiger partial charge is 0.369 e. The van der Waals surface area contributed by atoms with Gasteiger partial charge in [0, 0.05) is 18.0 Å². The first kappa shape index (κ1) is 13.0. The molecule has 1 heterocycles. The summed E-state index contributed by atoms with van der Waals surface area (Å²) in [5.74, 6) is 0.603. The highest BCUT2D eigenvalue weighted by Crippen LogP contribution is 2.41. The van der Waals surface area contributed by atoms with Crippen LogP contribution in [0.4, 0.5) is 0 Å². The average Bonchev–Trinajstić information content (AvgIpc) is 2.13. The van der Waals surface area contributed by atoms with Gasteiger partial charge in [-0.25, -0.2) is 0 Å². The van der Waals surface area contributed by atoms with Crippen LogP contribution in [0, 0.1) is 5.92 Å². The molecule has 1 saturated heterocycles. The van der Waals surface area contributed by atoms with Crippen LogP contribution in [0.5, 0.6) is 0 Å². The summed E-state index contributed by atoms with van der Waals surface area (Å²) >= 11 is 0. The van der Waals surface area contributed by atoms with Gasteiger partial charge in [-0.3, -0.25) is 0 Å². The number of ether oxygens (including phenoxy) is 1. The Kier molecular flexibility index (Phi) is 3.24. The molecular weight excluding hydrogens is 186 g/mol. The molecule has 0 spiro atoms. The Hall–Kier alpha value is -0.0800. The second kappa shape index (κ2) is 3.74. The minimum atomic E-state index is 0.00174. The molecule has 90 valence electrons. The van der Waals surface area contributed by atoms with Crippen molar-refractivity contribution in [2.24, 2.45) is 5.92 Å². The fourth-order valence-corrected chi connectivity index (χ4v) is 2.42. The van der Waals surface area contributed by atoms with Gasteiger partial charge in [0.15, 0.2) is 0 Å². The molecule has 0 aromatic rings. The van der Waals surface area contributed by atoms with Crippen molar-refractivity contribution in [3.8, 4) is 0 Å². The molecule has 0 aromatic heterocycles. The minimum absolute atomic E-state index is 0.00174. The molecule has 0 radical (unpaired) electrons. The molecule has 0 amide bonds. The number of hydrogen-bond donors (Lipinski definition) is 1. The lowest BCUT2D eigenvalue weighted by Gasteiger charge is -2.30. The Bertz CT molecular complexity index is 225. The van der Waals surface area contributed by atoms with E-state index < -0.39 is 0 Å². The molecule has 1 atom stereocenters. The van der Waals surface area contributed by atoms with Crippen LogP contribution < -0.4 is 5.32 Å². The fourth-order valence-electron chi connectivity index (χ4n) is 2.42. The molecule has 1 aliphatic heterocycles. The lowest BCUT2D eigenvalue weighted by Crippen LogP contribution is -2.43. The van der Waals surface area contributed by atoms with Gasteiger partial charge >= 0.3 is 0 Å². The second-order valence-corrected chi connectivity index (χ2v) is 7.00. The maximum Gasteiger partial charge on any atom is 0.0674 e. The molecule has 1 rings (SSSR count). The monoisotopic (exact) mass is 213 g/mol. The first-order valence-corrected chi connectivity index (χ1v) is 5.97. The van der Waals surface area contributed by atoms with E-state index in [-0.39, 0.29) is 16.7 Å². The van der Waals surface area contributed by atoms with Crippen LogP contribution >= 0.6 is 0 Å². The molecule has 1 unspecified atom stereocenters. The lowest BCUT2D eigenvalue weighted by atomic mass is 9.87. The van der Waals surface area contributed by atoms with Gasteiger partial charge in [-0.05, 0) is 54.9 Å². The maximum absolute atomic E-state index is 6.07. The predicted octanol–water partition coefficient (Wildman–Crippen LogP) is 2.97. The van der Waals surface area contributed by atoms with Crippen molar-refractivity contribution in [1.29, 1.82) is 0 Å². The van der Waals surface area contributed by atoms with Crippen LogP contribution in [0.3, 0.4) is 0 Å². The minimum Gasteiger partial charge on any atom is -0.369 e. The van der Waals surface area contributed by atoms with Crippen LogP contribution in [-0.4, -0.2) is 23.3 Å². The van der Waals surface area contributed by atoms with Crippen LogP contribution in [0.1, 0.15) is 54.9 Å². The Balaban J connectivity index is 2.56. The molecule has 1 N–H and O–H groups in total. The molecule has 2 heteroatoms. The molecule has 0 bridgehead atoms. The quantitative estimate of drug-likeness (QED) is 0.761. The zero-order chi connectivity index (χ0) is 11.9. The number of hydrogen-bond acceptors (Lipinski definition) is 2. The zero-order valence-corrected chi connectivity index (χ0v) is 11.4. The maximum atomic E-state index is 6.07. The summed E-state index contributed by atoms with van der Waals surface area (Å²) in [7, 11) is 0. The van der Waals surface area contributed by atoms with E-state index in [1.165, 1.54) is 0 Å². The topological polar surface area (TPSA) is 21.3 Å². The van der Waals surface area contributed by atoms with Gasteiger partial charge in [-0.2, -0.15) is 0 Å². The molecule has 0 aliphatic carbocycles. The predicted molar refractivity (Wildman–Crippen MR) is 65.1 cm³/mol. The number of nitrogens with one attached hydrogen (secondary N) is 1. The standard InChI is InChI=1S/C13H27NO/c1-11(2,3)14-9-10-8-12(4,5)15-13(10,6)7/h10,14H,8-9H2,1-7H3. The van der Waals surface area contributed by atoms with Gasteiger partial charge in [0.1, 0.15) is 0 Å². The van der Waals surface area contributed by atoms with Gasteiger partial charge in [-0.1, -0.05) is 0 Å². The highest BCUT2D eigenvalue weighted by molar-refractivity contribution is 4.95. The molecule has 1 fully saturated rings. The van der Waals surface area contributed by atoms with E-state index in [4.69, 9.17) is 4.74 Å². The van der Waals surface area contributed by atoms with Crippen molar-refractivity contribution in [1.82, 2.24) is 5.32 Å². The van der Waals surface area contributed by atoms with Crippen LogP contribution in [0.15, 0.2) is 0 Å². The van der Waals surface area contributed by atoms with Gasteiger partial charge in [0.25, 0.3) is 0 Å². The zero-order valence-electron chi connectivity index (χ0n) is 11.4. The van der Waals surface area contributed by atoms with Crippen LogP contribution in [0.25, 0.3) is 0 Å². The normalized spacial score (nSPS) is 29.4. The van der Waals surface area contributed by atoms with E-state index in [9.17, 15) is 0 Å². The highest BCUT2D eigenvalue weighted by atomic mass is 16.5. The van der Waals surface area contributed by atoms with Crippen molar-refractivity contribution < 1.29 is 4.74 Å². The summed E-state index contributed by atoms with van der Waals surface area (Å²) in [6.07, 6.45) is 1.14. The smallest absolute Gasteiger partial charge is 0.0674 e. The fraction of sp³-hybridized carbons (Fsp3) is 1.00. The van der Waals surface area contributed by atoms with Crippen molar-refractivity contribution >= 4 is 0 Å². The number of rotatable bonds is 2. The second-order valence-electron chi connectivity index (χ2n) is 7.00. The molecule has 0 saturated carbocycles. The molecular formula is C13H27NO. The first-order valence-electron chi connectivity index (χ1n) is 5.97. The average molecular weight is 213 g/mol. The van der Waals surface area contributed by atoms with E-state index >= 15 is 0 Å². The molecule has 15 heavy (non-hydrogen) atoms. The lowest BCUT2D eigenvalue weighted by molar-refractivity contribution is -0.0745. The van der Waals surface area contributed by atoms with E-state index in [2.05, 4.69) is 53.8 Å². The Morgan fingerprint density at radius 1 is 1.20 bits per heavy atom. The SMILES string of the molecule is CC(C)(C)NCC1CC(C)(C)OC1(C)C. The molecule has 1 aliphatic rings. The molecule has 2 nitrogen and oxygen atoms in total. The van der Waals surface area contributed by atoms with Crippen LogP contribution in [-0.2, 0) is 4.74 Å². The van der Waals surface area contributed by atoms with Crippen LogP contribution in [0.2, 0.25) is 0 Å². The Morgan fingerprint density at radius 2 is 1.73 bits per heavy atom. The third kappa shape index (κ3) is 3.76. The Morgan fingerprint density at radius 3 is 2.07 bits per heavy atom. The van der Waals surface area contributed by atoms with Gasteiger partial charge in [0.2, 0.25) is 0 Å². The summed E-state index contributed by atoms with van der Waals surface area (Å²) in [5.41, 5.74) is 0.234. The summed E-state index contributed by atoms with van der Waals surface area (Å²) in [4.78, 5) is 0. The van der Waals surface area contributed by atoms with Gasteiger partial charge in [0.05, 0.1) is 11.2 Å². The van der Waals surface area contributed by atoms with E-state index in [0.29, 0.717) is 5.92 Å². The van der Waals surface area contributed by atoms with E-state index in [0.717, 1.165) is 13.0 Å². The van der Waals surface area contributed by atoms with Crippen molar-refractivity contribution in [2.45, 2.75) is 71.6 Å². The van der Waals surface area contributed by atoms with E-state index in [1.807, 2.05) is 0 Å². The summed E-state index contributed by atoms with van der Waals surface area (Å²) in [6, 6.07) is 0. The van der Waals surface area contributed by atoms with Crippen molar-refractivity contribution in [2.75, 3.05) is 6.54 Å². The first-order chi connectivity index (χ1) is 6.52. The summed E-state index contributed by atoms with van der Waals surface area (Å²) in [6.45, 7) is 16.5. The Labute approximate surface area is 94.8 Å². The van der Waals surface area contributed by atoms with Gasteiger partial charge < -0.3 is 10.1 Å². The third-order valence-corrected chi connectivity index (χ3v) is 3.14.